The third-order valence-corrected chi connectivity index (χ3v) is 7.10. The fraction of sp³-hybridized carbons (Fsp3) is 0.611. The summed E-state index contributed by atoms with van der Waals surface area (Å²) in [6.45, 7) is 16.9. The van der Waals surface area contributed by atoms with Crippen molar-refractivity contribution in [3.8, 4) is 0 Å². The highest BCUT2D eigenvalue weighted by molar-refractivity contribution is 6.08. The molecule has 1 saturated heterocycles. The normalized spacial score (nSPS) is 17.0. The van der Waals surface area contributed by atoms with Crippen LogP contribution in [0.1, 0.15) is 79.1 Å². The van der Waals surface area contributed by atoms with Gasteiger partial charge in [0.2, 0.25) is 0 Å². The highest BCUT2D eigenvalue weighted by Gasteiger charge is 2.39. The molecule has 14 heteroatoms. The number of alkyl halides is 2. The fourth-order valence-electron chi connectivity index (χ4n) is 5.13. The van der Waals surface area contributed by atoms with Crippen LogP contribution in [0.4, 0.5) is 33.4 Å². The third-order valence-electron chi connectivity index (χ3n) is 7.10. The summed E-state index contributed by atoms with van der Waals surface area (Å²) < 4.78 is 65.5. The molecule has 0 bridgehead atoms. The molecule has 1 N–H and O–H groups in total. The van der Waals surface area contributed by atoms with Gasteiger partial charge in [-0.05, 0) is 105 Å². The number of aromatic nitrogens is 1. The van der Waals surface area contributed by atoms with Gasteiger partial charge in [-0.1, -0.05) is 12.1 Å². The van der Waals surface area contributed by atoms with E-state index in [2.05, 4.69) is 10.3 Å². The zero-order chi connectivity index (χ0) is 37.7. The monoisotopic (exact) mass is 708 g/mol. The van der Waals surface area contributed by atoms with Crippen molar-refractivity contribution in [2.45, 2.75) is 104 Å². The van der Waals surface area contributed by atoms with Crippen molar-refractivity contribution < 1.29 is 46.5 Å². The van der Waals surface area contributed by atoms with Gasteiger partial charge in [0, 0.05) is 30.3 Å². The Morgan fingerprint density at radius 2 is 1.50 bits per heavy atom. The average molecular weight is 709 g/mol. The van der Waals surface area contributed by atoms with E-state index < -0.39 is 65.0 Å². The van der Waals surface area contributed by atoms with Crippen LogP contribution < -0.4 is 10.2 Å². The van der Waals surface area contributed by atoms with Gasteiger partial charge < -0.3 is 29.2 Å². The minimum Gasteiger partial charge on any atom is -0.444 e. The van der Waals surface area contributed by atoms with Gasteiger partial charge in [0.1, 0.15) is 28.4 Å². The molecule has 0 spiro atoms. The van der Waals surface area contributed by atoms with Crippen molar-refractivity contribution in [2.24, 2.45) is 5.92 Å². The lowest BCUT2D eigenvalue weighted by atomic mass is 9.98. The van der Waals surface area contributed by atoms with E-state index in [9.17, 15) is 27.6 Å². The van der Waals surface area contributed by atoms with E-state index in [1.54, 1.807) is 81.4 Å². The Hall–Kier alpha value is -3.91. The maximum Gasteiger partial charge on any atom is 0.425 e. The van der Waals surface area contributed by atoms with Gasteiger partial charge in [-0.2, -0.15) is 13.7 Å². The highest BCUT2D eigenvalue weighted by atomic mass is 19.3. The topological polar surface area (TPSA) is 120 Å². The molecule has 1 aliphatic rings. The summed E-state index contributed by atoms with van der Waals surface area (Å²) in [5.41, 5.74) is -1.78. The minimum absolute atomic E-state index is 0.00592. The first kappa shape index (κ1) is 40.5. The summed E-state index contributed by atoms with van der Waals surface area (Å²) in [5, 5.41) is 2.67. The number of aryl methyl sites for hydroxylation is 1. The first-order valence-corrected chi connectivity index (χ1v) is 16.6. The Bertz CT molecular complexity index is 1470. The van der Waals surface area contributed by atoms with E-state index in [0.717, 1.165) is 17.0 Å². The second-order valence-electron chi connectivity index (χ2n) is 15.4. The van der Waals surface area contributed by atoms with E-state index in [1.165, 1.54) is 17.0 Å². The fourth-order valence-corrected chi connectivity index (χ4v) is 5.13. The second kappa shape index (κ2) is 16.0. The van der Waals surface area contributed by atoms with Crippen molar-refractivity contribution in [1.29, 1.82) is 0 Å². The lowest BCUT2D eigenvalue weighted by Crippen LogP contribution is -2.44. The molecule has 2 atom stereocenters. The Kier molecular flexibility index (Phi) is 12.9. The lowest BCUT2D eigenvalue weighted by Gasteiger charge is -2.28. The molecule has 2 heterocycles. The Morgan fingerprint density at radius 3 is 2.06 bits per heavy atom. The number of carbonyl (C=O) groups excluding carboxylic acids is 3. The van der Waals surface area contributed by atoms with Gasteiger partial charge >= 0.3 is 18.3 Å². The van der Waals surface area contributed by atoms with Crippen molar-refractivity contribution in [3.05, 3.63) is 59.0 Å². The summed E-state index contributed by atoms with van der Waals surface area (Å²) in [7, 11) is 0. The molecule has 3 amide bonds. The number of nitrogens with one attached hydrogen (secondary N) is 1. The van der Waals surface area contributed by atoms with Crippen LogP contribution in [0, 0.1) is 18.7 Å². The molecular weight excluding hydrogens is 657 g/mol. The first-order chi connectivity index (χ1) is 22.9. The molecule has 0 aliphatic carbocycles. The third kappa shape index (κ3) is 12.8. The molecule has 0 unspecified atom stereocenters. The van der Waals surface area contributed by atoms with Gasteiger partial charge in [-0.3, -0.25) is 0 Å². The number of benzene rings is 1. The minimum atomic E-state index is -3.30. The Balaban J connectivity index is 1.80. The van der Waals surface area contributed by atoms with Crippen LogP contribution in [0.5, 0.6) is 0 Å². The van der Waals surface area contributed by atoms with Crippen LogP contribution in [0.3, 0.4) is 0 Å². The van der Waals surface area contributed by atoms with E-state index >= 15 is 0 Å². The molecule has 0 radical (unpaired) electrons. The number of nitrogens with zero attached hydrogens (tertiary/aromatic N) is 3. The maximum absolute atomic E-state index is 14.6. The molecule has 1 aliphatic heterocycles. The number of imide groups is 1. The largest absolute Gasteiger partial charge is 0.444 e. The van der Waals surface area contributed by atoms with Gasteiger partial charge in [-0.25, -0.2) is 23.8 Å². The zero-order valence-corrected chi connectivity index (χ0v) is 30.7. The standard InChI is InChI=1S/C36H51F3N4O7/c1-23-16-27(41-29(17-23)43(31(45)49-34(5,6)7)32(46)50-35(8,9)10)18-24-20-42(30(44)48-33(2,3)4)21-28(24)47-15-14-40-22-36(38,39)25-12-11-13-26(37)19-25/h11-13,16-17,19,24,28,40H,14-15,18,20-22H2,1-10H3/t24-,28+/m1/s1. The number of anilines is 1. The second-order valence-corrected chi connectivity index (χ2v) is 15.4. The van der Waals surface area contributed by atoms with Crippen molar-refractivity contribution >= 4 is 24.1 Å². The van der Waals surface area contributed by atoms with E-state index in [1.807, 2.05) is 0 Å². The van der Waals surface area contributed by atoms with E-state index in [0.29, 0.717) is 11.3 Å². The summed E-state index contributed by atoms with van der Waals surface area (Å²) in [6.07, 6.45) is -2.68. The average Bonchev–Trinajstić information content (AvgIpc) is 3.32. The molecule has 1 aromatic heterocycles. The van der Waals surface area contributed by atoms with Crippen LogP contribution in [0.25, 0.3) is 0 Å². The molecule has 3 rings (SSSR count). The number of halogens is 3. The van der Waals surface area contributed by atoms with Crippen LogP contribution >= 0.6 is 0 Å². The number of carbonyl (C=O) groups is 3. The van der Waals surface area contributed by atoms with E-state index in [-0.39, 0.29) is 44.4 Å². The van der Waals surface area contributed by atoms with Gasteiger partial charge in [0.05, 0.1) is 25.8 Å². The summed E-state index contributed by atoms with van der Waals surface area (Å²) in [6, 6.07) is 7.67. The predicted molar refractivity (Wildman–Crippen MR) is 182 cm³/mol. The highest BCUT2D eigenvalue weighted by Crippen LogP contribution is 2.29. The molecule has 278 valence electrons. The van der Waals surface area contributed by atoms with Crippen molar-refractivity contribution in [2.75, 3.05) is 37.7 Å². The summed E-state index contributed by atoms with van der Waals surface area (Å²) in [4.78, 5) is 46.5. The number of amides is 3. The van der Waals surface area contributed by atoms with E-state index in [4.69, 9.17) is 18.9 Å². The molecular formula is C36H51F3N4O7. The Morgan fingerprint density at radius 1 is 0.900 bits per heavy atom. The predicted octanol–water partition coefficient (Wildman–Crippen LogP) is 7.38. The molecule has 1 fully saturated rings. The molecule has 2 aromatic rings. The van der Waals surface area contributed by atoms with Crippen molar-refractivity contribution in [3.63, 3.8) is 0 Å². The number of pyridine rings is 1. The van der Waals surface area contributed by atoms with Gasteiger partial charge in [-0.15, -0.1) is 0 Å². The number of ether oxygens (including phenoxy) is 4. The van der Waals surface area contributed by atoms with Crippen LogP contribution in [-0.4, -0.2) is 83.9 Å². The number of rotatable bonds is 10. The molecule has 11 nitrogen and oxygen atoms in total. The van der Waals surface area contributed by atoms with Crippen molar-refractivity contribution in [1.82, 2.24) is 15.2 Å². The number of hydrogen-bond donors (Lipinski definition) is 1. The lowest BCUT2D eigenvalue weighted by molar-refractivity contribution is -0.00917. The van der Waals surface area contributed by atoms with Crippen LogP contribution in [0.2, 0.25) is 0 Å². The molecule has 1 aromatic carbocycles. The number of hydrogen-bond acceptors (Lipinski definition) is 9. The quantitative estimate of drug-likeness (QED) is 0.199. The van der Waals surface area contributed by atoms with Gasteiger partial charge in [0.25, 0.3) is 5.92 Å². The van der Waals surface area contributed by atoms with Gasteiger partial charge in [0.15, 0.2) is 0 Å². The number of likely N-dealkylation sites (tertiary alicyclic amines) is 1. The van der Waals surface area contributed by atoms with Crippen LogP contribution in [-0.2, 0) is 31.3 Å². The summed E-state index contributed by atoms with van der Waals surface area (Å²) >= 11 is 0. The van der Waals surface area contributed by atoms with Crippen LogP contribution in [0.15, 0.2) is 36.4 Å². The molecule has 0 saturated carbocycles. The maximum atomic E-state index is 14.6. The molecule has 50 heavy (non-hydrogen) atoms. The summed E-state index contributed by atoms with van der Waals surface area (Å²) in [5.74, 6) is -4.35. The first-order valence-electron chi connectivity index (χ1n) is 16.6. The zero-order valence-electron chi connectivity index (χ0n) is 30.7. The SMILES string of the molecule is Cc1cc(C[C@@H]2CN(C(=O)OC(C)(C)C)C[C@@H]2OCCNCC(F)(F)c2cccc(F)c2)nc(N(C(=O)OC(C)(C)C)C(=O)OC(C)(C)C)c1. The Labute approximate surface area is 292 Å². The smallest absolute Gasteiger partial charge is 0.425 e.